The zero-order valence-corrected chi connectivity index (χ0v) is 17.4. The monoisotopic (exact) mass is 389 g/mol. The van der Waals surface area contributed by atoms with Gasteiger partial charge in [0.05, 0.1) is 11.0 Å². The van der Waals surface area contributed by atoms with E-state index in [1.807, 2.05) is 12.1 Å². The summed E-state index contributed by atoms with van der Waals surface area (Å²) >= 11 is 0. The lowest BCUT2D eigenvalue weighted by molar-refractivity contribution is 0.619. The first-order valence-electron chi connectivity index (χ1n) is 10.2. The summed E-state index contributed by atoms with van der Waals surface area (Å²) in [5, 5.41) is 2.02. The van der Waals surface area contributed by atoms with Gasteiger partial charge < -0.3 is 4.42 Å². The van der Waals surface area contributed by atoms with Gasteiger partial charge >= 0.3 is 0 Å². The second-order valence-corrected chi connectivity index (χ2v) is 7.82. The third-order valence-corrected chi connectivity index (χ3v) is 5.71. The molecular weight excluding hydrogens is 366 g/mol. The predicted octanol–water partition coefficient (Wildman–Crippen LogP) is 7.36. The average Bonchev–Trinajstić information content (AvgIpc) is 2.75. The number of para-hydroxylation sites is 2. The molecule has 1 aliphatic heterocycles. The van der Waals surface area contributed by atoms with Crippen LogP contribution in [0.4, 0.5) is 5.69 Å². The molecule has 0 bridgehead atoms. The van der Waals surface area contributed by atoms with E-state index in [1.54, 1.807) is 0 Å². The molecule has 0 radical (unpaired) electrons. The van der Waals surface area contributed by atoms with Crippen LogP contribution in [0.25, 0.3) is 33.4 Å². The van der Waals surface area contributed by atoms with E-state index in [9.17, 15) is 0 Å². The van der Waals surface area contributed by atoms with Crippen molar-refractivity contribution in [3.8, 4) is 22.5 Å². The third kappa shape index (κ3) is 3.11. The minimum atomic E-state index is 0.847. The molecule has 0 atom stereocenters. The molecule has 0 saturated carbocycles. The van der Waals surface area contributed by atoms with Gasteiger partial charge in [0.1, 0.15) is 11.3 Å². The maximum Gasteiger partial charge on any atom is 0.137 e. The van der Waals surface area contributed by atoms with Gasteiger partial charge in [-0.15, -0.1) is 0 Å². The van der Waals surface area contributed by atoms with E-state index < -0.39 is 0 Å². The SMILES string of the molecule is Cc1ccccc1-c1c2ccc(=Nc3c(C)cccc3C)cc-2oc2ccccc12. The van der Waals surface area contributed by atoms with Crippen LogP contribution in [0.5, 0.6) is 0 Å². The second-order valence-electron chi connectivity index (χ2n) is 7.82. The molecule has 5 rings (SSSR count). The lowest BCUT2D eigenvalue weighted by Gasteiger charge is -2.16. The lowest BCUT2D eigenvalue weighted by Crippen LogP contribution is -2.03. The molecule has 0 spiro atoms. The first-order valence-corrected chi connectivity index (χ1v) is 10.2. The number of nitrogens with zero attached hydrogens (tertiary/aromatic N) is 1. The Labute approximate surface area is 176 Å². The highest BCUT2D eigenvalue weighted by Crippen LogP contribution is 2.40. The van der Waals surface area contributed by atoms with Gasteiger partial charge in [0.2, 0.25) is 0 Å². The highest BCUT2D eigenvalue weighted by Gasteiger charge is 2.17. The van der Waals surface area contributed by atoms with Crippen LogP contribution in [-0.4, -0.2) is 0 Å². The van der Waals surface area contributed by atoms with Crippen molar-refractivity contribution < 1.29 is 4.42 Å². The summed E-state index contributed by atoms with van der Waals surface area (Å²) < 4.78 is 6.33. The van der Waals surface area contributed by atoms with E-state index in [0.29, 0.717) is 0 Å². The Balaban J connectivity index is 1.83. The average molecular weight is 389 g/mol. The Morgan fingerprint density at radius 2 is 1.33 bits per heavy atom. The van der Waals surface area contributed by atoms with Crippen LogP contribution in [0, 0.1) is 20.8 Å². The van der Waals surface area contributed by atoms with E-state index in [1.165, 1.54) is 27.8 Å². The molecule has 2 nitrogen and oxygen atoms in total. The van der Waals surface area contributed by atoms with E-state index in [0.717, 1.165) is 33.3 Å². The zero-order chi connectivity index (χ0) is 20.7. The van der Waals surface area contributed by atoms with Crippen molar-refractivity contribution in [2.24, 2.45) is 4.99 Å². The van der Waals surface area contributed by atoms with Gasteiger partial charge in [0, 0.05) is 22.6 Å². The van der Waals surface area contributed by atoms with Crippen LogP contribution in [0.2, 0.25) is 0 Å². The molecular formula is C28H23NO. The standard InChI is InChI=1S/C28H23NO/c1-18-9-4-5-12-22(18)27-23-13-6-7-14-25(23)30-26-17-21(15-16-24(26)27)29-28-19(2)10-8-11-20(28)3/h4-17H,1-3H3. The second kappa shape index (κ2) is 7.31. The topological polar surface area (TPSA) is 25.5 Å². The molecule has 0 fully saturated rings. The molecule has 2 heteroatoms. The van der Waals surface area contributed by atoms with Crippen molar-refractivity contribution in [2.75, 3.05) is 0 Å². The molecule has 0 aromatic heterocycles. The third-order valence-electron chi connectivity index (χ3n) is 5.71. The number of benzene rings is 4. The van der Waals surface area contributed by atoms with Gasteiger partial charge in [0.15, 0.2) is 0 Å². The van der Waals surface area contributed by atoms with Gasteiger partial charge in [-0.05, 0) is 61.2 Å². The van der Waals surface area contributed by atoms with Gasteiger partial charge in [-0.3, -0.25) is 0 Å². The van der Waals surface area contributed by atoms with Crippen molar-refractivity contribution in [3.05, 3.63) is 107 Å². The fourth-order valence-electron chi connectivity index (χ4n) is 4.15. The molecule has 0 unspecified atom stereocenters. The van der Waals surface area contributed by atoms with E-state index in [2.05, 4.69) is 93.6 Å². The van der Waals surface area contributed by atoms with Crippen LogP contribution in [-0.2, 0) is 0 Å². The Morgan fingerprint density at radius 1 is 0.633 bits per heavy atom. The first-order chi connectivity index (χ1) is 14.6. The summed E-state index contributed by atoms with van der Waals surface area (Å²) in [5.41, 5.74) is 9.04. The quantitative estimate of drug-likeness (QED) is 0.290. The van der Waals surface area contributed by atoms with Crippen LogP contribution in [0.1, 0.15) is 16.7 Å². The number of fused-ring (bicyclic) bond motifs is 2. The molecule has 3 aromatic carbocycles. The summed E-state index contributed by atoms with van der Waals surface area (Å²) in [4.78, 5) is 4.93. The maximum atomic E-state index is 6.33. The maximum absolute atomic E-state index is 6.33. The summed E-state index contributed by atoms with van der Waals surface area (Å²) in [5.74, 6) is 0.847. The number of aryl methyl sites for hydroxylation is 3. The van der Waals surface area contributed by atoms with Crippen molar-refractivity contribution in [3.63, 3.8) is 0 Å². The van der Waals surface area contributed by atoms with Crippen molar-refractivity contribution in [1.29, 1.82) is 0 Å². The molecule has 1 heterocycles. The Hall–Kier alpha value is -3.65. The molecule has 30 heavy (non-hydrogen) atoms. The van der Waals surface area contributed by atoms with Crippen LogP contribution in [0.15, 0.2) is 94.3 Å². The highest BCUT2D eigenvalue weighted by atomic mass is 16.3. The van der Waals surface area contributed by atoms with Crippen molar-refractivity contribution in [1.82, 2.24) is 0 Å². The molecule has 1 aliphatic carbocycles. The molecule has 0 N–H and O–H groups in total. The summed E-state index contributed by atoms with van der Waals surface area (Å²) in [6.07, 6.45) is 0. The fraction of sp³-hybridized carbons (Fsp3) is 0.107. The van der Waals surface area contributed by atoms with Gasteiger partial charge in [0.25, 0.3) is 0 Å². The Kier molecular flexibility index (Phi) is 4.48. The van der Waals surface area contributed by atoms with Gasteiger partial charge in [-0.2, -0.15) is 0 Å². The Morgan fingerprint density at radius 3 is 2.13 bits per heavy atom. The minimum Gasteiger partial charge on any atom is -0.456 e. The summed E-state index contributed by atoms with van der Waals surface area (Å²) in [7, 11) is 0. The zero-order valence-electron chi connectivity index (χ0n) is 17.4. The first kappa shape index (κ1) is 18.4. The van der Waals surface area contributed by atoms with Gasteiger partial charge in [-0.1, -0.05) is 60.7 Å². The smallest absolute Gasteiger partial charge is 0.137 e. The normalized spacial score (nSPS) is 12.0. The molecule has 0 saturated heterocycles. The largest absolute Gasteiger partial charge is 0.456 e. The van der Waals surface area contributed by atoms with E-state index in [-0.39, 0.29) is 0 Å². The van der Waals surface area contributed by atoms with Crippen LogP contribution in [0.3, 0.4) is 0 Å². The molecule has 146 valence electrons. The van der Waals surface area contributed by atoms with Crippen LogP contribution >= 0.6 is 0 Å². The highest BCUT2D eigenvalue weighted by molar-refractivity contribution is 6.02. The van der Waals surface area contributed by atoms with E-state index >= 15 is 0 Å². The van der Waals surface area contributed by atoms with Crippen molar-refractivity contribution in [2.45, 2.75) is 20.8 Å². The predicted molar refractivity (Wildman–Crippen MR) is 124 cm³/mol. The number of hydrogen-bond donors (Lipinski definition) is 0. The van der Waals surface area contributed by atoms with E-state index in [4.69, 9.17) is 9.41 Å². The fourth-order valence-corrected chi connectivity index (χ4v) is 4.15. The Bertz CT molecular complexity index is 1400. The van der Waals surface area contributed by atoms with Crippen LogP contribution < -0.4 is 5.36 Å². The van der Waals surface area contributed by atoms with Gasteiger partial charge in [-0.25, -0.2) is 4.99 Å². The minimum absolute atomic E-state index is 0.847. The molecule has 2 aliphatic rings. The summed E-state index contributed by atoms with van der Waals surface area (Å²) in [6, 6.07) is 29.3. The number of hydrogen-bond acceptors (Lipinski definition) is 2. The summed E-state index contributed by atoms with van der Waals surface area (Å²) in [6.45, 7) is 6.35. The van der Waals surface area contributed by atoms with Crippen molar-refractivity contribution >= 4 is 16.7 Å². The lowest BCUT2D eigenvalue weighted by atomic mass is 9.91. The molecule has 3 aromatic rings. The molecule has 0 amide bonds. The number of rotatable bonds is 2.